The highest BCUT2D eigenvalue weighted by atomic mass is 16.7. The molecule has 2 aliphatic heterocycles. The molecule has 27 heavy (non-hydrogen) atoms. The molecule has 0 fully saturated rings. The lowest BCUT2D eigenvalue weighted by atomic mass is 10.0. The van der Waals surface area contributed by atoms with E-state index in [2.05, 4.69) is 25.7 Å². The summed E-state index contributed by atoms with van der Waals surface area (Å²) in [7, 11) is 0. The molecule has 0 unspecified atom stereocenters. The fourth-order valence-electron chi connectivity index (χ4n) is 3.44. The van der Waals surface area contributed by atoms with Gasteiger partial charge in [0.1, 0.15) is 6.33 Å². The van der Waals surface area contributed by atoms with Crippen LogP contribution in [0.2, 0.25) is 0 Å². The number of nitrogens with one attached hydrogen (secondary N) is 1. The maximum atomic E-state index is 12.6. The molecular formula is C17H17N7O3. The van der Waals surface area contributed by atoms with Crippen molar-refractivity contribution in [1.82, 2.24) is 35.3 Å². The van der Waals surface area contributed by atoms with Gasteiger partial charge in [0.2, 0.25) is 12.7 Å². The molecule has 2 aromatic heterocycles. The number of aromatic nitrogens is 6. The number of H-pyrrole nitrogens is 1. The van der Waals surface area contributed by atoms with Gasteiger partial charge in [0.15, 0.2) is 11.5 Å². The number of carbonyl (C=O) groups is 1. The van der Waals surface area contributed by atoms with E-state index in [9.17, 15) is 4.79 Å². The molecule has 2 aliphatic rings. The Balaban J connectivity index is 1.34. The molecule has 0 saturated carbocycles. The van der Waals surface area contributed by atoms with E-state index >= 15 is 0 Å². The fraction of sp³-hybridized carbons (Fsp3) is 0.353. The number of carbonyl (C=O) groups excluding carboxylic acids is 1. The molecule has 4 heterocycles. The smallest absolute Gasteiger partial charge is 0.231 e. The van der Waals surface area contributed by atoms with Gasteiger partial charge in [-0.25, -0.2) is 4.68 Å². The van der Waals surface area contributed by atoms with Gasteiger partial charge in [-0.3, -0.25) is 9.89 Å². The number of ether oxygens (including phenoxy) is 2. The highest BCUT2D eigenvalue weighted by Crippen LogP contribution is 2.37. The van der Waals surface area contributed by atoms with Crippen molar-refractivity contribution in [2.75, 3.05) is 13.3 Å². The molecule has 0 spiro atoms. The molecule has 0 atom stereocenters. The van der Waals surface area contributed by atoms with E-state index in [1.54, 1.807) is 4.68 Å². The second kappa shape index (κ2) is 6.38. The summed E-state index contributed by atoms with van der Waals surface area (Å²) in [6.45, 7) is 1.91. The summed E-state index contributed by atoms with van der Waals surface area (Å²) in [5.41, 5.74) is 3.92. The number of hydrogen-bond donors (Lipinski definition) is 1. The number of hydrogen-bond acceptors (Lipinski definition) is 7. The Morgan fingerprint density at radius 3 is 3.07 bits per heavy atom. The summed E-state index contributed by atoms with van der Waals surface area (Å²) in [5, 5.41) is 18.6. The third-order valence-corrected chi connectivity index (χ3v) is 4.88. The lowest BCUT2D eigenvalue weighted by Crippen LogP contribution is -2.36. The van der Waals surface area contributed by atoms with Crippen LogP contribution >= 0.6 is 0 Å². The number of fused-ring (bicyclic) bond motifs is 2. The second-order valence-electron chi connectivity index (χ2n) is 6.49. The first-order valence-corrected chi connectivity index (χ1v) is 8.72. The van der Waals surface area contributed by atoms with Crippen molar-refractivity contribution < 1.29 is 14.3 Å². The lowest BCUT2D eigenvalue weighted by molar-refractivity contribution is -0.132. The summed E-state index contributed by atoms with van der Waals surface area (Å²) >= 11 is 0. The van der Waals surface area contributed by atoms with E-state index in [1.807, 2.05) is 23.1 Å². The normalized spacial score (nSPS) is 15.0. The zero-order valence-electron chi connectivity index (χ0n) is 14.5. The zero-order chi connectivity index (χ0) is 18.2. The van der Waals surface area contributed by atoms with Gasteiger partial charge in [-0.05, 0) is 28.6 Å². The Labute approximate surface area is 154 Å². The molecule has 0 aliphatic carbocycles. The predicted octanol–water partition coefficient (Wildman–Crippen LogP) is 0.767. The molecule has 1 amide bonds. The van der Waals surface area contributed by atoms with Crippen LogP contribution in [0.3, 0.4) is 0 Å². The highest BCUT2D eigenvalue weighted by Gasteiger charge is 2.26. The molecule has 0 radical (unpaired) electrons. The topological polar surface area (TPSA) is 111 Å². The largest absolute Gasteiger partial charge is 0.454 e. The maximum absolute atomic E-state index is 12.6. The Hall–Kier alpha value is -3.43. The van der Waals surface area contributed by atoms with Gasteiger partial charge in [0.25, 0.3) is 0 Å². The maximum Gasteiger partial charge on any atom is 0.231 e. The zero-order valence-corrected chi connectivity index (χ0v) is 14.5. The van der Waals surface area contributed by atoms with Crippen LogP contribution in [0.5, 0.6) is 11.5 Å². The van der Waals surface area contributed by atoms with Gasteiger partial charge in [0, 0.05) is 42.8 Å². The average Bonchev–Trinajstić information content (AvgIpc) is 3.45. The number of rotatable bonds is 4. The van der Waals surface area contributed by atoms with Crippen LogP contribution < -0.4 is 9.47 Å². The third kappa shape index (κ3) is 2.88. The van der Waals surface area contributed by atoms with Crippen LogP contribution in [0.15, 0.2) is 24.5 Å². The summed E-state index contributed by atoms with van der Waals surface area (Å²) in [5.74, 6) is 1.53. The van der Waals surface area contributed by atoms with Crippen LogP contribution in [0.1, 0.15) is 17.7 Å². The Bertz CT molecular complexity index is 983. The van der Waals surface area contributed by atoms with Crippen molar-refractivity contribution in [1.29, 1.82) is 0 Å². The van der Waals surface area contributed by atoms with Crippen molar-refractivity contribution in [3.05, 3.63) is 35.8 Å². The van der Waals surface area contributed by atoms with E-state index in [-0.39, 0.29) is 12.7 Å². The van der Waals surface area contributed by atoms with E-state index in [0.29, 0.717) is 26.1 Å². The van der Waals surface area contributed by atoms with Crippen molar-refractivity contribution in [3.8, 4) is 22.8 Å². The summed E-state index contributed by atoms with van der Waals surface area (Å²) < 4.78 is 12.4. The second-order valence-corrected chi connectivity index (χ2v) is 6.49. The van der Waals surface area contributed by atoms with Crippen molar-refractivity contribution in [2.45, 2.75) is 25.9 Å². The van der Waals surface area contributed by atoms with E-state index in [1.165, 1.54) is 6.33 Å². The number of aromatic amines is 1. The van der Waals surface area contributed by atoms with E-state index in [4.69, 9.17) is 9.47 Å². The average molecular weight is 367 g/mol. The van der Waals surface area contributed by atoms with Gasteiger partial charge < -0.3 is 14.4 Å². The molecule has 10 nitrogen and oxygen atoms in total. The number of tetrazole rings is 1. The first kappa shape index (κ1) is 15.8. The molecule has 0 saturated heterocycles. The van der Waals surface area contributed by atoms with E-state index in [0.717, 1.165) is 40.4 Å². The van der Waals surface area contributed by atoms with Crippen LogP contribution in [-0.4, -0.2) is 54.5 Å². The number of aryl methyl sites for hydroxylation is 1. The van der Waals surface area contributed by atoms with Gasteiger partial charge in [0.05, 0.1) is 12.2 Å². The summed E-state index contributed by atoms with van der Waals surface area (Å²) in [6.07, 6.45) is 2.62. The number of benzene rings is 1. The van der Waals surface area contributed by atoms with Gasteiger partial charge in [-0.2, -0.15) is 5.10 Å². The van der Waals surface area contributed by atoms with Gasteiger partial charge in [-0.15, -0.1) is 5.10 Å². The van der Waals surface area contributed by atoms with Crippen LogP contribution in [0, 0.1) is 0 Å². The van der Waals surface area contributed by atoms with Crippen LogP contribution in [0.25, 0.3) is 11.3 Å². The first-order chi connectivity index (χ1) is 13.3. The molecule has 5 rings (SSSR count). The molecular weight excluding hydrogens is 350 g/mol. The van der Waals surface area contributed by atoms with Gasteiger partial charge in [-0.1, -0.05) is 0 Å². The Kier molecular flexibility index (Phi) is 3.73. The predicted molar refractivity (Wildman–Crippen MR) is 91.7 cm³/mol. The number of nitrogens with zero attached hydrogens (tertiary/aromatic N) is 6. The molecule has 0 bridgehead atoms. The molecule has 10 heteroatoms. The van der Waals surface area contributed by atoms with E-state index < -0.39 is 0 Å². The fourth-order valence-corrected chi connectivity index (χ4v) is 3.44. The minimum atomic E-state index is 0.0778. The SMILES string of the molecule is O=C(CCn1cnnn1)N1CCc2[nH]nc(-c3ccc4c(c3)OCO4)c2C1. The monoisotopic (exact) mass is 367 g/mol. The Morgan fingerprint density at radius 2 is 2.19 bits per heavy atom. The minimum Gasteiger partial charge on any atom is -0.454 e. The Morgan fingerprint density at radius 1 is 1.26 bits per heavy atom. The molecule has 1 aromatic carbocycles. The first-order valence-electron chi connectivity index (χ1n) is 8.72. The van der Waals surface area contributed by atoms with Crippen molar-refractivity contribution in [2.24, 2.45) is 0 Å². The minimum absolute atomic E-state index is 0.0778. The van der Waals surface area contributed by atoms with Crippen molar-refractivity contribution in [3.63, 3.8) is 0 Å². The quantitative estimate of drug-likeness (QED) is 0.725. The molecule has 1 N–H and O–H groups in total. The standard InChI is InChI=1S/C17H17N7O3/c25-16(4-6-24-9-18-21-22-24)23-5-3-13-12(8-23)17(20-19-13)11-1-2-14-15(7-11)27-10-26-14/h1-2,7,9H,3-6,8,10H2,(H,19,20). The van der Waals surface area contributed by atoms with Crippen LogP contribution in [-0.2, 0) is 24.3 Å². The molecule has 138 valence electrons. The van der Waals surface area contributed by atoms with Crippen molar-refractivity contribution >= 4 is 5.91 Å². The van der Waals surface area contributed by atoms with Crippen LogP contribution in [0.4, 0.5) is 0 Å². The van der Waals surface area contributed by atoms with Gasteiger partial charge >= 0.3 is 0 Å². The third-order valence-electron chi connectivity index (χ3n) is 4.88. The highest BCUT2D eigenvalue weighted by molar-refractivity contribution is 5.77. The molecule has 3 aromatic rings. The summed E-state index contributed by atoms with van der Waals surface area (Å²) in [4.78, 5) is 14.5. The number of amides is 1. The lowest BCUT2D eigenvalue weighted by Gasteiger charge is -2.27. The summed E-state index contributed by atoms with van der Waals surface area (Å²) in [6, 6.07) is 5.77.